The summed E-state index contributed by atoms with van der Waals surface area (Å²) in [6, 6.07) is 1.99. The van der Waals surface area contributed by atoms with E-state index in [1.165, 1.54) is 0 Å². The number of rotatable bonds is 3. The number of carbonyl (C=O) groups excluding carboxylic acids is 1. The van der Waals surface area contributed by atoms with Crippen molar-refractivity contribution in [2.75, 3.05) is 0 Å². The van der Waals surface area contributed by atoms with Crippen LogP contribution in [-0.4, -0.2) is 22.6 Å². The topological polar surface area (TPSA) is 87.4 Å². The molecule has 0 aromatic rings. The Kier molecular flexibility index (Phi) is 3.67. The Hall–Kier alpha value is -1.57. The van der Waals surface area contributed by atoms with Gasteiger partial charge in [-0.05, 0) is 12.8 Å². The summed E-state index contributed by atoms with van der Waals surface area (Å²) >= 11 is 0. The van der Waals surface area contributed by atoms with Gasteiger partial charge in [0.15, 0.2) is 5.60 Å². The highest BCUT2D eigenvalue weighted by molar-refractivity contribution is 5.90. The smallest absolute Gasteiger partial charge is 0.318 e. The van der Waals surface area contributed by atoms with E-state index in [4.69, 9.17) is 15.1 Å². The second kappa shape index (κ2) is 4.78. The summed E-state index contributed by atoms with van der Waals surface area (Å²) in [5.41, 5.74) is -1.08. The maximum Gasteiger partial charge on any atom is 0.318 e. The zero-order valence-corrected chi connectivity index (χ0v) is 8.36. The van der Waals surface area contributed by atoms with Crippen LogP contribution in [0.1, 0.15) is 38.5 Å². The number of esters is 1. The standard InChI is InChI=1S/C10H13NO4/c11-7-10(4-2-1-3-5-10)15-9(14)6-8(12)13/h1-6H2,(H,12,13). The van der Waals surface area contributed by atoms with E-state index in [1.807, 2.05) is 6.07 Å². The molecule has 1 N–H and O–H groups in total. The van der Waals surface area contributed by atoms with Gasteiger partial charge in [0, 0.05) is 12.8 Å². The summed E-state index contributed by atoms with van der Waals surface area (Å²) in [4.78, 5) is 21.4. The van der Waals surface area contributed by atoms with E-state index < -0.39 is 24.0 Å². The van der Waals surface area contributed by atoms with Crippen molar-refractivity contribution < 1.29 is 19.4 Å². The second-order valence-electron chi connectivity index (χ2n) is 3.71. The Balaban J connectivity index is 2.56. The largest absolute Gasteiger partial charge is 0.481 e. The Bertz CT molecular complexity index is 299. The van der Waals surface area contributed by atoms with Crippen molar-refractivity contribution in [3.8, 4) is 6.07 Å². The highest BCUT2D eigenvalue weighted by Crippen LogP contribution is 2.31. The molecule has 1 aliphatic rings. The molecular formula is C10H13NO4. The third-order valence-corrected chi connectivity index (χ3v) is 2.47. The van der Waals surface area contributed by atoms with E-state index >= 15 is 0 Å². The number of hydrogen-bond acceptors (Lipinski definition) is 4. The van der Waals surface area contributed by atoms with E-state index in [-0.39, 0.29) is 0 Å². The average molecular weight is 211 g/mol. The molecule has 0 unspecified atom stereocenters. The molecule has 5 heteroatoms. The van der Waals surface area contributed by atoms with Crippen molar-refractivity contribution in [3.63, 3.8) is 0 Å². The van der Waals surface area contributed by atoms with Crippen LogP contribution in [0.2, 0.25) is 0 Å². The van der Waals surface area contributed by atoms with Crippen LogP contribution in [0.25, 0.3) is 0 Å². The first-order valence-corrected chi connectivity index (χ1v) is 4.93. The summed E-state index contributed by atoms with van der Waals surface area (Å²) in [5.74, 6) is -2.06. The number of ether oxygens (including phenoxy) is 1. The number of nitrogens with zero attached hydrogens (tertiary/aromatic N) is 1. The molecule has 0 aromatic heterocycles. The van der Waals surface area contributed by atoms with Crippen molar-refractivity contribution >= 4 is 11.9 Å². The highest BCUT2D eigenvalue weighted by atomic mass is 16.6. The van der Waals surface area contributed by atoms with Gasteiger partial charge >= 0.3 is 11.9 Å². The number of hydrogen-bond donors (Lipinski definition) is 1. The summed E-state index contributed by atoms with van der Waals surface area (Å²) in [5, 5.41) is 17.3. The summed E-state index contributed by atoms with van der Waals surface area (Å²) < 4.78 is 4.96. The van der Waals surface area contributed by atoms with E-state index in [0.29, 0.717) is 12.8 Å². The van der Waals surface area contributed by atoms with Gasteiger partial charge in [0.1, 0.15) is 12.5 Å². The van der Waals surface area contributed by atoms with E-state index in [1.54, 1.807) is 0 Å². The monoisotopic (exact) mass is 211 g/mol. The predicted molar refractivity (Wildman–Crippen MR) is 49.8 cm³/mol. The van der Waals surface area contributed by atoms with Gasteiger partial charge in [-0.15, -0.1) is 0 Å². The van der Waals surface area contributed by atoms with Gasteiger partial charge in [-0.3, -0.25) is 9.59 Å². The summed E-state index contributed by atoms with van der Waals surface area (Å²) in [6.07, 6.45) is 3.05. The van der Waals surface area contributed by atoms with Crippen molar-refractivity contribution in [1.82, 2.24) is 0 Å². The van der Waals surface area contributed by atoms with Crippen molar-refractivity contribution in [1.29, 1.82) is 5.26 Å². The molecule has 1 fully saturated rings. The number of carbonyl (C=O) groups is 2. The minimum Gasteiger partial charge on any atom is -0.481 e. The van der Waals surface area contributed by atoms with Crippen molar-refractivity contribution in [3.05, 3.63) is 0 Å². The van der Waals surface area contributed by atoms with Gasteiger partial charge in [0.2, 0.25) is 0 Å². The summed E-state index contributed by atoms with van der Waals surface area (Å²) in [6.45, 7) is 0. The predicted octanol–water partition coefficient (Wildman–Crippen LogP) is 1.23. The van der Waals surface area contributed by atoms with Crippen LogP contribution >= 0.6 is 0 Å². The molecule has 15 heavy (non-hydrogen) atoms. The SMILES string of the molecule is N#CC1(OC(=O)CC(=O)O)CCCCC1. The first kappa shape index (κ1) is 11.5. The molecule has 0 spiro atoms. The van der Waals surface area contributed by atoms with Gasteiger partial charge in [-0.25, -0.2) is 0 Å². The fraction of sp³-hybridized carbons (Fsp3) is 0.700. The molecule has 0 aromatic carbocycles. The fourth-order valence-electron chi connectivity index (χ4n) is 1.74. The number of carboxylic acid groups (broad SMARTS) is 1. The molecule has 0 radical (unpaired) electrons. The van der Waals surface area contributed by atoms with Crippen LogP contribution in [0, 0.1) is 11.3 Å². The minimum absolute atomic E-state index is 0.509. The van der Waals surface area contributed by atoms with Crippen LogP contribution in [0.5, 0.6) is 0 Å². The Morgan fingerprint density at radius 2 is 1.93 bits per heavy atom. The third-order valence-electron chi connectivity index (χ3n) is 2.47. The third kappa shape index (κ3) is 3.24. The Morgan fingerprint density at radius 1 is 1.33 bits per heavy atom. The van der Waals surface area contributed by atoms with E-state index in [0.717, 1.165) is 19.3 Å². The lowest BCUT2D eigenvalue weighted by Gasteiger charge is -2.29. The van der Waals surface area contributed by atoms with Gasteiger partial charge < -0.3 is 9.84 Å². The van der Waals surface area contributed by atoms with Crippen molar-refractivity contribution in [2.24, 2.45) is 0 Å². The molecule has 1 aliphatic carbocycles. The second-order valence-corrected chi connectivity index (χ2v) is 3.71. The maximum absolute atomic E-state index is 11.1. The Labute approximate surface area is 87.6 Å². The number of carboxylic acids is 1. The molecule has 0 saturated heterocycles. The Morgan fingerprint density at radius 3 is 2.40 bits per heavy atom. The molecule has 5 nitrogen and oxygen atoms in total. The van der Waals surface area contributed by atoms with Crippen LogP contribution in [0.15, 0.2) is 0 Å². The van der Waals surface area contributed by atoms with Gasteiger partial charge in [-0.2, -0.15) is 5.26 Å². The molecule has 0 heterocycles. The molecule has 0 bridgehead atoms. The molecule has 1 saturated carbocycles. The molecule has 1 rings (SSSR count). The highest BCUT2D eigenvalue weighted by Gasteiger charge is 2.36. The van der Waals surface area contributed by atoms with Crippen LogP contribution in [0.4, 0.5) is 0 Å². The number of nitriles is 1. The van der Waals surface area contributed by atoms with Gasteiger partial charge in [0.25, 0.3) is 0 Å². The minimum atomic E-state index is -1.23. The van der Waals surface area contributed by atoms with Gasteiger partial charge in [-0.1, -0.05) is 6.42 Å². The fourth-order valence-corrected chi connectivity index (χ4v) is 1.74. The molecule has 82 valence electrons. The zero-order chi connectivity index (χ0) is 11.3. The van der Waals surface area contributed by atoms with Crippen LogP contribution in [0.3, 0.4) is 0 Å². The van der Waals surface area contributed by atoms with Crippen LogP contribution in [-0.2, 0) is 14.3 Å². The van der Waals surface area contributed by atoms with E-state index in [9.17, 15) is 9.59 Å². The van der Waals surface area contributed by atoms with Crippen LogP contribution < -0.4 is 0 Å². The lowest BCUT2D eigenvalue weighted by molar-refractivity contribution is -0.161. The first-order chi connectivity index (χ1) is 7.08. The normalized spacial score (nSPS) is 18.9. The lowest BCUT2D eigenvalue weighted by atomic mass is 9.86. The number of aliphatic carboxylic acids is 1. The van der Waals surface area contributed by atoms with Crippen molar-refractivity contribution in [2.45, 2.75) is 44.1 Å². The maximum atomic E-state index is 11.1. The average Bonchev–Trinajstić information content (AvgIpc) is 2.17. The van der Waals surface area contributed by atoms with E-state index in [2.05, 4.69) is 0 Å². The quantitative estimate of drug-likeness (QED) is 0.560. The molecule has 0 atom stereocenters. The molecule has 0 aliphatic heterocycles. The zero-order valence-electron chi connectivity index (χ0n) is 8.36. The first-order valence-electron chi connectivity index (χ1n) is 4.93. The summed E-state index contributed by atoms with van der Waals surface area (Å²) in [7, 11) is 0. The lowest BCUT2D eigenvalue weighted by Crippen LogP contribution is -2.36. The molecular weight excluding hydrogens is 198 g/mol. The van der Waals surface area contributed by atoms with Gasteiger partial charge in [0.05, 0.1) is 0 Å². The molecule has 0 amide bonds.